The number of carbonyl (C=O) groups is 1. The van der Waals surface area contributed by atoms with E-state index in [1.165, 1.54) is 7.11 Å². The van der Waals surface area contributed by atoms with E-state index in [0.29, 0.717) is 18.2 Å². The minimum Gasteiger partial charge on any atom is -0.469 e. The fourth-order valence-corrected chi connectivity index (χ4v) is 3.88. The van der Waals surface area contributed by atoms with Crippen LogP contribution in [-0.2, 0) is 14.3 Å². The Morgan fingerprint density at radius 3 is 2.26 bits per heavy atom. The molecule has 1 heterocycles. The Morgan fingerprint density at radius 1 is 1.17 bits per heavy atom. The summed E-state index contributed by atoms with van der Waals surface area (Å²) in [5.74, 6) is 0.0621. The average Bonchev–Trinajstić information content (AvgIpc) is 2.52. The summed E-state index contributed by atoms with van der Waals surface area (Å²) < 4.78 is 10.7. The molecule has 0 radical (unpaired) electrons. The Kier molecular flexibility index (Phi) is 6.46. The van der Waals surface area contributed by atoms with E-state index in [9.17, 15) is 4.79 Å². The highest BCUT2D eigenvalue weighted by Crippen LogP contribution is 2.26. The summed E-state index contributed by atoms with van der Waals surface area (Å²) in [6.07, 6.45) is 4.60. The van der Waals surface area contributed by atoms with Crippen LogP contribution in [-0.4, -0.2) is 61.4 Å². The summed E-state index contributed by atoms with van der Waals surface area (Å²) in [4.78, 5) is 14.1. The van der Waals surface area contributed by atoms with Gasteiger partial charge >= 0.3 is 5.97 Å². The third-order valence-corrected chi connectivity index (χ3v) is 5.36. The lowest BCUT2D eigenvalue weighted by molar-refractivity contribution is -0.146. The molecule has 2 atom stereocenters. The van der Waals surface area contributed by atoms with Crippen molar-refractivity contribution in [3.63, 3.8) is 0 Å². The average molecular weight is 326 g/mol. The molecular weight excluding hydrogens is 292 g/mol. The zero-order valence-corrected chi connectivity index (χ0v) is 15.4. The number of hydrogen-bond acceptors (Lipinski definition) is 5. The normalized spacial score (nSPS) is 33.4. The van der Waals surface area contributed by atoms with Crippen molar-refractivity contribution >= 4 is 5.97 Å². The van der Waals surface area contributed by atoms with Gasteiger partial charge in [-0.05, 0) is 53.4 Å². The highest BCUT2D eigenvalue weighted by molar-refractivity contribution is 5.72. The molecule has 0 aromatic heterocycles. The lowest BCUT2D eigenvalue weighted by Gasteiger charge is -2.46. The summed E-state index contributed by atoms with van der Waals surface area (Å²) in [6, 6.07) is 0.520. The van der Waals surface area contributed by atoms with Gasteiger partial charge in [-0.1, -0.05) is 0 Å². The Morgan fingerprint density at radius 2 is 1.74 bits per heavy atom. The molecule has 23 heavy (non-hydrogen) atoms. The van der Waals surface area contributed by atoms with Crippen molar-refractivity contribution in [1.29, 1.82) is 0 Å². The zero-order chi connectivity index (χ0) is 17.0. The van der Waals surface area contributed by atoms with E-state index in [1.807, 2.05) is 0 Å². The van der Waals surface area contributed by atoms with Gasteiger partial charge < -0.3 is 14.8 Å². The first kappa shape index (κ1) is 18.7. The third-order valence-electron chi connectivity index (χ3n) is 5.36. The fourth-order valence-electron chi connectivity index (χ4n) is 3.88. The first-order chi connectivity index (χ1) is 10.8. The molecule has 134 valence electrons. The van der Waals surface area contributed by atoms with E-state index in [1.54, 1.807) is 0 Å². The summed E-state index contributed by atoms with van der Waals surface area (Å²) in [5.41, 5.74) is 0.117. The monoisotopic (exact) mass is 326 g/mol. The van der Waals surface area contributed by atoms with Gasteiger partial charge in [0.05, 0.1) is 25.2 Å². The second kappa shape index (κ2) is 7.95. The quantitative estimate of drug-likeness (QED) is 0.785. The molecule has 2 fully saturated rings. The van der Waals surface area contributed by atoms with Crippen LogP contribution in [0.4, 0.5) is 0 Å². The van der Waals surface area contributed by atoms with Crippen molar-refractivity contribution in [3.05, 3.63) is 0 Å². The number of methoxy groups -OCH3 is 1. The van der Waals surface area contributed by atoms with Crippen LogP contribution >= 0.6 is 0 Å². The molecule has 2 aliphatic rings. The highest BCUT2D eigenvalue weighted by Gasteiger charge is 2.34. The minimum atomic E-state index is -0.0416. The molecule has 0 aromatic rings. The highest BCUT2D eigenvalue weighted by atomic mass is 16.5. The Hall–Kier alpha value is -0.650. The van der Waals surface area contributed by atoms with E-state index in [-0.39, 0.29) is 17.4 Å². The minimum absolute atomic E-state index is 0.0416. The molecule has 0 aromatic carbocycles. The summed E-state index contributed by atoms with van der Waals surface area (Å²) in [5, 5.41) is 3.73. The molecule has 5 heteroatoms. The van der Waals surface area contributed by atoms with Crippen LogP contribution in [0.3, 0.4) is 0 Å². The summed E-state index contributed by atoms with van der Waals surface area (Å²) in [6.45, 7) is 11.9. The number of morpholine rings is 1. The van der Waals surface area contributed by atoms with Crippen molar-refractivity contribution in [2.45, 2.75) is 77.2 Å². The first-order valence-corrected chi connectivity index (χ1v) is 9.03. The molecule has 1 saturated heterocycles. The van der Waals surface area contributed by atoms with Gasteiger partial charge in [0, 0.05) is 31.2 Å². The molecule has 2 rings (SSSR count). The van der Waals surface area contributed by atoms with E-state index >= 15 is 0 Å². The van der Waals surface area contributed by atoms with Gasteiger partial charge in [-0.2, -0.15) is 0 Å². The maximum atomic E-state index is 11.6. The van der Waals surface area contributed by atoms with Crippen LogP contribution in [0, 0.1) is 5.92 Å². The molecule has 5 nitrogen and oxygen atoms in total. The first-order valence-electron chi connectivity index (χ1n) is 9.03. The molecule has 0 spiro atoms. The molecular formula is C18H34N2O3. The van der Waals surface area contributed by atoms with E-state index < -0.39 is 0 Å². The van der Waals surface area contributed by atoms with Gasteiger partial charge in [-0.25, -0.2) is 0 Å². The molecule has 1 saturated carbocycles. The van der Waals surface area contributed by atoms with Crippen LogP contribution in [0.15, 0.2) is 0 Å². The van der Waals surface area contributed by atoms with E-state index in [4.69, 9.17) is 9.47 Å². The number of esters is 1. The second-order valence-electron chi connectivity index (χ2n) is 7.93. The molecule has 1 aliphatic heterocycles. The third kappa shape index (κ3) is 5.16. The van der Waals surface area contributed by atoms with E-state index in [0.717, 1.165) is 45.3 Å². The number of nitrogens with zero attached hydrogens (tertiary/aromatic N) is 1. The Bertz CT molecular complexity index is 382. The summed E-state index contributed by atoms with van der Waals surface area (Å²) >= 11 is 0. The Labute approximate surface area is 141 Å². The maximum absolute atomic E-state index is 11.6. The zero-order valence-electron chi connectivity index (χ0n) is 15.4. The van der Waals surface area contributed by atoms with Gasteiger partial charge in [-0.3, -0.25) is 9.69 Å². The van der Waals surface area contributed by atoms with Crippen molar-refractivity contribution in [3.8, 4) is 0 Å². The number of nitrogens with one attached hydrogen (secondary N) is 1. The van der Waals surface area contributed by atoms with Crippen LogP contribution in [0.5, 0.6) is 0 Å². The smallest absolute Gasteiger partial charge is 0.308 e. The summed E-state index contributed by atoms with van der Waals surface area (Å²) in [7, 11) is 1.49. The Balaban J connectivity index is 1.77. The van der Waals surface area contributed by atoms with Crippen molar-refractivity contribution in [2.75, 3.05) is 26.7 Å². The molecule has 0 amide bonds. The number of ether oxygens (including phenoxy) is 2. The second-order valence-corrected chi connectivity index (χ2v) is 7.93. The predicted octanol–water partition coefficient (Wildman–Crippen LogP) is 2.20. The van der Waals surface area contributed by atoms with Crippen LogP contribution in [0.2, 0.25) is 0 Å². The van der Waals surface area contributed by atoms with Crippen molar-refractivity contribution in [2.24, 2.45) is 5.92 Å². The predicted molar refractivity (Wildman–Crippen MR) is 91.4 cm³/mol. The molecule has 0 bridgehead atoms. The van der Waals surface area contributed by atoms with Gasteiger partial charge in [0.1, 0.15) is 0 Å². The van der Waals surface area contributed by atoms with Gasteiger partial charge in [-0.15, -0.1) is 0 Å². The number of rotatable bonds is 5. The van der Waals surface area contributed by atoms with Crippen molar-refractivity contribution in [1.82, 2.24) is 10.2 Å². The van der Waals surface area contributed by atoms with Gasteiger partial charge in [0.15, 0.2) is 0 Å². The molecule has 1 N–H and O–H groups in total. The maximum Gasteiger partial charge on any atom is 0.308 e. The largest absolute Gasteiger partial charge is 0.469 e. The fraction of sp³-hybridized carbons (Fsp3) is 0.944. The van der Waals surface area contributed by atoms with Gasteiger partial charge in [0.2, 0.25) is 0 Å². The van der Waals surface area contributed by atoms with Gasteiger partial charge in [0.25, 0.3) is 0 Å². The lowest BCUT2D eigenvalue weighted by atomic mass is 9.85. The molecule has 0 unspecified atom stereocenters. The standard InChI is InChI=1S/C18H34N2O3/c1-13-10-20(11-14(2)23-13)18(3,4)12-19-16-8-6-15(7-9-16)17(21)22-5/h13-16,19H,6-12H2,1-5H3/t13-,14-,15?,16?/m0/s1. The van der Waals surface area contributed by atoms with Crippen LogP contribution in [0.1, 0.15) is 53.4 Å². The molecule has 1 aliphatic carbocycles. The SMILES string of the molecule is COC(=O)C1CCC(NCC(C)(C)N2C[C@H](C)O[C@@H](C)C2)CC1. The van der Waals surface area contributed by atoms with Crippen LogP contribution in [0.25, 0.3) is 0 Å². The number of carbonyl (C=O) groups excluding carboxylic acids is 1. The van der Waals surface area contributed by atoms with E-state index in [2.05, 4.69) is 37.9 Å². The lowest BCUT2D eigenvalue weighted by Crippen LogP contribution is -2.59. The number of hydrogen-bond donors (Lipinski definition) is 1. The van der Waals surface area contributed by atoms with Crippen LogP contribution < -0.4 is 5.32 Å². The topological polar surface area (TPSA) is 50.8 Å². The van der Waals surface area contributed by atoms with Crippen molar-refractivity contribution < 1.29 is 14.3 Å².